The summed E-state index contributed by atoms with van der Waals surface area (Å²) in [5.41, 5.74) is 0.649. The van der Waals surface area contributed by atoms with Crippen molar-refractivity contribution in [3.05, 3.63) is 42.2 Å². The summed E-state index contributed by atoms with van der Waals surface area (Å²) in [5.74, 6) is -1.70. The van der Waals surface area contributed by atoms with Crippen LogP contribution in [-0.4, -0.2) is 88.3 Å². The highest BCUT2D eigenvalue weighted by molar-refractivity contribution is 5.89. The molecule has 37 heavy (non-hydrogen) atoms. The van der Waals surface area contributed by atoms with Crippen molar-refractivity contribution >= 4 is 17.8 Å². The van der Waals surface area contributed by atoms with Gasteiger partial charge in [-0.3, -0.25) is 19.4 Å². The maximum absolute atomic E-state index is 12.8. The van der Waals surface area contributed by atoms with Crippen LogP contribution in [0.4, 0.5) is 0 Å². The van der Waals surface area contributed by atoms with Crippen molar-refractivity contribution in [3.8, 4) is 0 Å². The van der Waals surface area contributed by atoms with E-state index < -0.39 is 54.3 Å². The number of aliphatic hydroxyl groups excluding tert-OH is 3. The number of rotatable bonds is 11. The minimum absolute atomic E-state index is 0.102. The maximum Gasteiger partial charge on any atom is 0.306 e. The van der Waals surface area contributed by atoms with Crippen LogP contribution in [0.15, 0.2) is 36.7 Å². The largest absolute Gasteiger partial charge is 0.460 e. The van der Waals surface area contributed by atoms with Crippen molar-refractivity contribution in [3.63, 3.8) is 0 Å². The molecule has 2 rings (SSSR count). The molecule has 0 aromatic carbocycles. The van der Waals surface area contributed by atoms with Crippen LogP contribution in [0.2, 0.25) is 0 Å². The molecule has 1 aromatic rings. The number of ether oxygens (including phenoxy) is 2. The number of nitrogens with one attached hydrogen (secondary N) is 2. The van der Waals surface area contributed by atoms with E-state index in [4.69, 9.17) is 9.47 Å². The van der Waals surface area contributed by atoms with Gasteiger partial charge in [0, 0.05) is 25.9 Å². The lowest BCUT2D eigenvalue weighted by Crippen LogP contribution is -2.55. The Morgan fingerprint density at radius 2 is 1.97 bits per heavy atom. The van der Waals surface area contributed by atoms with E-state index in [1.165, 1.54) is 13.2 Å². The fourth-order valence-electron chi connectivity index (χ4n) is 3.74. The van der Waals surface area contributed by atoms with Crippen LogP contribution >= 0.6 is 0 Å². The fourth-order valence-corrected chi connectivity index (χ4v) is 3.74. The van der Waals surface area contributed by atoms with E-state index in [0.717, 1.165) is 5.56 Å². The molecule has 1 aliphatic rings. The van der Waals surface area contributed by atoms with E-state index in [-0.39, 0.29) is 24.8 Å². The highest BCUT2D eigenvalue weighted by atomic mass is 16.5. The molecule has 0 saturated carbocycles. The second-order valence-corrected chi connectivity index (χ2v) is 10.2. The monoisotopic (exact) mass is 521 g/mol. The van der Waals surface area contributed by atoms with Crippen molar-refractivity contribution in [2.45, 2.75) is 83.0 Å². The average molecular weight is 522 g/mol. The number of esters is 1. The first-order valence-corrected chi connectivity index (χ1v) is 12.3. The van der Waals surface area contributed by atoms with E-state index >= 15 is 0 Å². The highest BCUT2D eigenvalue weighted by Crippen LogP contribution is 2.17. The summed E-state index contributed by atoms with van der Waals surface area (Å²) in [7, 11) is 1.17. The molecule has 206 valence electrons. The lowest BCUT2D eigenvalue weighted by molar-refractivity contribution is -0.151. The summed E-state index contributed by atoms with van der Waals surface area (Å²) in [6.45, 7) is 5.80. The lowest BCUT2D eigenvalue weighted by Gasteiger charge is -2.28. The van der Waals surface area contributed by atoms with Crippen molar-refractivity contribution in [1.29, 1.82) is 0 Å². The Balaban J connectivity index is 1.89. The minimum Gasteiger partial charge on any atom is -0.460 e. The Bertz CT molecular complexity index is 918. The van der Waals surface area contributed by atoms with Crippen LogP contribution in [0.5, 0.6) is 0 Å². The lowest BCUT2D eigenvalue weighted by atomic mass is 9.94. The summed E-state index contributed by atoms with van der Waals surface area (Å²) >= 11 is 0. The minimum atomic E-state index is -1.76. The number of allylic oxidation sites excluding steroid dienone is 1. The van der Waals surface area contributed by atoms with Gasteiger partial charge in [0.1, 0.15) is 30.5 Å². The first-order valence-electron chi connectivity index (χ1n) is 12.3. The van der Waals surface area contributed by atoms with E-state index in [2.05, 4.69) is 15.6 Å². The van der Waals surface area contributed by atoms with Crippen molar-refractivity contribution in [2.24, 2.45) is 5.41 Å². The molecule has 6 atom stereocenters. The van der Waals surface area contributed by atoms with Crippen molar-refractivity contribution in [2.75, 3.05) is 13.7 Å². The topological polar surface area (TPSA) is 167 Å². The molecule has 1 aromatic heterocycles. The predicted molar refractivity (Wildman–Crippen MR) is 134 cm³/mol. The number of nitrogens with zero attached hydrogens (tertiary/aromatic N) is 1. The van der Waals surface area contributed by atoms with Gasteiger partial charge in [-0.15, -0.1) is 0 Å². The summed E-state index contributed by atoms with van der Waals surface area (Å²) in [6, 6.07) is 2.70. The zero-order chi connectivity index (χ0) is 27.6. The molecular weight excluding hydrogens is 482 g/mol. The molecule has 1 saturated heterocycles. The van der Waals surface area contributed by atoms with Gasteiger partial charge < -0.3 is 35.4 Å². The molecule has 2 amide bonds. The Kier molecular flexibility index (Phi) is 11.6. The average Bonchev–Trinajstić information content (AvgIpc) is 3.02. The van der Waals surface area contributed by atoms with Gasteiger partial charge in [-0.25, -0.2) is 0 Å². The van der Waals surface area contributed by atoms with Gasteiger partial charge in [0.05, 0.1) is 6.54 Å². The number of hydrogen-bond donors (Lipinski definition) is 5. The van der Waals surface area contributed by atoms with Gasteiger partial charge in [-0.2, -0.15) is 0 Å². The number of carbonyl (C=O) groups is 3. The van der Waals surface area contributed by atoms with Crippen LogP contribution in [-0.2, 0) is 30.3 Å². The molecule has 0 aliphatic carbocycles. The van der Waals surface area contributed by atoms with Crippen LogP contribution in [0.3, 0.4) is 0 Å². The smallest absolute Gasteiger partial charge is 0.306 e. The Hall–Kier alpha value is -2.86. The summed E-state index contributed by atoms with van der Waals surface area (Å²) < 4.78 is 10.6. The first-order chi connectivity index (χ1) is 17.4. The zero-order valence-electron chi connectivity index (χ0n) is 21.8. The molecule has 0 radical (unpaired) electrons. The third-order valence-electron chi connectivity index (χ3n) is 5.87. The van der Waals surface area contributed by atoms with Crippen LogP contribution in [0, 0.1) is 5.41 Å². The van der Waals surface area contributed by atoms with E-state index in [0.29, 0.717) is 12.8 Å². The number of carbonyl (C=O) groups excluding carboxylic acids is 3. The fraction of sp³-hybridized carbons (Fsp3) is 0.615. The normalized spacial score (nSPS) is 21.9. The molecular formula is C26H39N3O8. The van der Waals surface area contributed by atoms with E-state index in [9.17, 15) is 29.7 Å². The molecule has 2 heterocycles. The quantitative estimate of drug-likeness (QED) is 0.199. The third kappa shape index (κ3) is 10.2. The highest BCUT2D eigenvalue weighted by Gasteiger charge is 2.37. The van der Waals surface area contributed by atoms with Crippen LogP contribution in [0.1, 0.15) is 45.6 Å². The number of aromatic nitrogens is 1. The number of aliphatic hydroxyl groups is 3. The molecule has 1 aliphatic heterocycles. The van der Waals surface area contributed by atoms with Crippen molar-refractivity contribution < 1.29 is 39.2 Å². The van der Waals surface area contributed by atoms with Gasteiger partial charge in [-0.1, -0.05) is 39.0 Å². The molecule has 11 nitrogen and oxygen atoms in total. The number of pyridine rings is 1. The van der Waals surface area contributed by atoms with Gasteiger partial charge in [0.2, 0.25) is 5.91 Å². The second-order valence-electron chi connectivity index (χ2n) is 10.2. The van der Waals surface area contributed by atoms with E-state index in [1.807, 2.05) is 26.8 Å². The van der Waals surface area contributed by atoms with Gasteiger partial charge in [0.15, 0.2) is 6.10 Å². The Morgan fingerprint density at radius 3 is 2.59 bits per heavy atom. The first kappa shape index (κ1) is 30.4. The summed E-state index contributed by atoms with van der Waals surface area (Å²) in [6.07, 6.45) is 0.521. The second kappa shape index (κ2) is 14.2. The molecule has 11 heteroatoms. The third-order valence-corrected chi connectivity index (χ3v) is 5.87. The SMILES string of the molecule is CO[C@@H](C(=O)N[C@H]1CC[C@@H](OC(=O)CCc2cccnc2)CNC1=O)[C@H](O)[C@@H](O)[C@H](O)/C=C/C(C)(C)C. The van der Waals surface area contributed by atoms with Gasteiger partial charge >= 0.3 is 5.97 Å². The zero-order valence-corrected chi connectivity index (χ0v) is 21.8. The van der Waals surface area contributed by atoms with Crippen LogP contribution < -0.4 is 10.6 Å². The molecule has 0 bridgehead atoms. The van der Waals surface area contributed by atoms with Gasteiger partial charge in [0.25, 0.3) is 5.91 Å². The molecule has 1 fully saturated rings. The number of hydrogen-bond acceptors (Lipinski definition) is 9. The Labute approximate surface area is 217 Å². The van der Waals surface area contributed by atoms with Crippen molar-refractivity contribution in [1.82, 2.24) is 15.6 Å². The van der Waals surface area contributed by atoms with Gasteiger partial charge in [-0.05, 0) is 36.3 Å². The Morgan fingerprint density at radius 1 is 1.24 bits per heavy atom. The number of aryl methyl sites for hydroxylation is 1. The van der Waals surface area contributed by atoms with E-state index in [1.54, 1.807) is 24.5 Å². The number of methoxy groups -OCH3 is 1. The molecule has 0 unspecified atom stereocenters. The standard InChI is InChI=1S/C26H39N3O8/c1-26(2,3)12-11-19(30)21(32)22(33)23(36-4)25(35)29-18-9-8-17(15-28-24(18)34)37-20(31)10-7-16-6-5-13-27-14-16/h5-6,11-14,17-19,21-23,30,32-33H,7-10,15H2,1-4H3,(H,28,34)(H,29,35)/b12-11+/t17-,18+,19-,21+,22-,23-/m1/s1. The maximum atomic E-state index is 12.8. The van der Waals surface area contributed by atoms with Crippen LogP contribution in [0.25, 0.3) is 0 Å². The summed E-state index contributed by atoms with van der Waals surface area (Å²) in [4.78, 5) is 41.6. The predicted octanol–water partition coefficient (Wildman–Crippen LogP) is 0.0208. The summed E-state index contributed by atoms with van der Waals surface area (Å²) in [5, 5.41) is 36.2. The molecule has 0 spiro atoms. The molecule has 5 N–H and O–H groups in total. The number of amides is 2.